The van der Waals surface area contributed by atoms with Crippen LogP contribution in [0, 0.1) is 0 Å². The molecular formula is C6H8IN3OS. The van der Waals surface area contributed by atoms with E-state index < -0.39 is 0 Å². The van der Waals surface area contributed by atoms with Gasteiger partial charge >= 0.3 is 0 Å². The Bertz CT molecular complexity index is 286. The van der Waals surface area contributed by atoms with Crippen molar-refractivity contribution in [2.75, 3.05) is 10.6 Å². The van der Waals surface area contributed by atoms with Crippen molar-refractivity contribution in [1.82, 2.24) is 4.98 Å². The van der Waals surface area contributed by atoms with E-state index in [-0.39, 0.29) is 0 Å². The van der Waals surface area contributed by atoms with Crippen LogP contribution in [-0.4, -0.2) is 17.8 Å². The molecule has 0 saturated carbocycles. The summed E-state index contributed by atoms with van der Waals surface area (Å²) in [6.07, 6.45) is 0. The van der Waals surface area contributed by atoms with Crippen LogP contribution in [0.15, 0.2) is 10.5 Å². The number of thiazole rings is 1. The van der Waals surface area contributed by atoms with E-state index in [1.54, 1.807) is 0 Å². The van der Waals surface area contributed by atoms with Crippen molar-refractivity contribution >= 4 is 45.0 Å². The van der Waals surface area contributed by atoms with Crippen molar-refractivity contribution in [3.05, 3.63) is 11.1 Å². The van der Waals surface area contributed by atoms with E-state index >= 15 is 0 Å². The molecule has 4 nitrogen and oxygen atoms in total. The number of hydrogen-bond donors (Lipinski definition) is 1. The van der Waals surface area contributed by atoms with Crippen LogP contribution in [0.5, 0.6) is 0 Å². The molecule has 0 aliphatic carbocycles. The minimum absolute atomic E-state index is 0.784. The predicted molar refractivity (Wildman–Crippen MR) is 59.0 cm³/mol. The van der Waals surface area contributed by atoms with Crippen LogP contribution in [0.2, 0.25) is 0 Å². The van der Waals surface area contributed by atoms with Gasteiger partial charge in [-0.2, -0.15) is 0 Å². The Morgan fingerprint density at radius 1 is 1.83 bits per heavy atom. The summed E-state index contributed by atoms with van der Waals surface area (Å²) in [5.41, 5.74) is 1.63. The molecule has 1 rings (SSSR count). The summed E-state index contributed by atoms with van der Waals surface area (Å²) >= 11 is 3.58. The fourth-order valence-electron chi connectivity index (χ4n) is 0.667. The molecule has 0 unspecified atom stereocenters. The van der Waals surface area contributed by atoms with E-state index in [1.807, 2.05) is 35.2 Å². The highest BCUT2D eigenvalue weighted by molar-refractivity contribution is 14.1. The number of halogens is 1. The summed E-state index contributed by atoms with van der Waals surface area (Å²) in [6, 6.07) is 0. The first-order chi connectivity index (χ1) is 5.77. The van der Waals surface area contributed by atoms with Gasteiger partial charge in [0.15, 0.2) is 5.13 Å². The second-order valence-electron chi connectivity index (χ2n) is 1.99. The maximum atomic E-state index is 4.63. The quantitative estimate of drug-likeness (QED) is 0.403. The highest BCUT2D eigenvalue weighted by atomic mass is 127. The predicted octanol–water partition coefficient (Wildman–Crippen LogP) is 2.28. The molecule has 0 fully saturated rings. The lowest BCUT2D eigenvalue weighted by Crippen LogP contribution is -1.95. The van der Waals surface area contributed by atoms with E-state index in [0.29, 0.717) is 0 Å². The van der Waals surface area contributed by atoms with E-state index in [4.69, 9.17) is 0 Å². The van der Waals surface area contributed by atoms with Crippen LogP contribution in [0.25, 0.3) is 0 Å². The Morgan fingerprint density at radius 3 is 3.08 bits per heavy atom. The van der Waals surface area contributed by atoms with Crippen LogP contribution in [0.4, 0.5) is 5.13 Å². The third kappa shape index (κ3) is 2.31. The minimum atomic E-state index is 0.784. The molecule has 0 aliphatic rings. The fourth-order valence-corrected chi connectivity index (χ4v) is 1.81. The maximum Gasteiger partial charge on any atom is 0.192 e. The molecule has 66 valence electrons. The van der Waals surface area contributed by atoms with Crippen LogP contribution in [0.3, 0.4) is 0 Å². The molecule has 0 aliphatic heterocycles. The molecule has 0 bridgehead atoms. The van der Waals surface area contributed by atoms with Gasteiger partial charge in [0.2, 0.25) is 0 Å². The van der Waals surface area contributed by atoms with Crippen LogP contribution in [0.1, 0.15) is 12.6 Å². The topological polar surface area (TPSA) is 46.5 Å². The number of hydrogen-bond acceptors (Lipinski definition) is 5. The van der Waals surface area contributed by atoms with Crippen molar-refractivity contribution in [3.8, 4) is 0 Å². The molecule has 0 aromatic carbocycles. The summed E-state index contributed by atoms with van der Waals surface area (Å²) in [4.78, 5) is 8.87. The molecule has 1 N–H and O–H groups in total. The number of nitrogens with zero attached hydrogens (tertiary/aromatic N) is 2. The van der Waals surface area contributed by atoms with Gasteiger partial charge in [-0.05, 0) is 6.92 Å². The van der Waals surface area contributed by atoms with Crippen LogP contribution < -0.4 is 3.53 Å². The van der Waals surface area contributed by atoms with Gasteiger partial charge in [-0.25, -0.2) is 4.98 Å². The van der Waals surface area contributed by atoms with Crippen molar-refractivity contribution in [2.24, 2.45) is 5.16 Å². The summed E-state index contributed by atoms with van der Waals surface area (Å²) < 4.78 is 2.93. The third-order valence-electron chi connectivity index (χ3n) is 1.18. The Labute approximate surface area is 88.5 Å². The van der Waals surface area contributed by atoms with Crippen molar-refractivity contribution < 1.29 is 4.84 Å². The van der Waals surface area contributed by atoms with Crippen molar-refractivity contribution in [3.63, 3.8) is 0 Å². The monoisotopic (exact) mass is 297 g/mol. The molecule has 0 saturated heterocycles. The highest BCUT2D eigenvalue weighted by Crippen LogP contribution is 2.17. The zero-order valence-electron chi connectivity index (χ0n) is 6.67. The minimum Gasteiger partial charge on any atom is -0.399 e. The lowest BCUT2D eigenvalue weighted by atomic mass is 10.3. The third-order valence-corrected chi connectivity index (χ3v) is 2.82. The van der Waals surface area contributed by atoms with Gasteiger partial charge in [0, 0.05) is 5.38 Å². The second kappa shape index (κ2) is 4.61. The van der Waals surface area contributed by atoms with E-state index in [9.17, 15) is 0 Å². The summed E-state index contributed by atoms with van der Waals surface area (Å²) in [6.45, 7) is 1.86. The largest absolute Gasteiger partial charge is 0.399 e. The highest BCUT2D eigenvalue weighted by Gasteiger charge is 2.03. The number of rotatable bonds is 3. The lowest BCUT2D eigenvalue weighted by Gasteiger charge is -1.92. The zero-order valence-corrected chi connectivity index (χ0v) is 9.64. The van der Waals surface area contributed by atoms with E-state index in [2.05, 4.69) is 18.5 Å². The molecule has 1 heterocycles. The standard InChI is InChI=1S/C6H8IN3OS/c1-4(10-11-2)5-3-12-6(8-5)9-7/h3H,1-2H3,(H,8,9)/b10-4+. The van der Waals surface area contributed by atoms with E-state index in [1.165, 1.54) is 18.4 Å². The van der Waals surface area contributed by atoms with Crippen LogP contribution >= 0.6 is 34.2 Å². The molecule has 6 heteroatoms. The molecule has 0 spiro atoms. The average Bonchev–Trinajstić information content (AvgIpc) is 2.52. The Balaban J connectivity index is 2.81. The van der Waals surface area contributed by atoms with Gasteiger partial charge in [0.05, 0.1) is 22.9 Å². The normalized spacial score (nSPS) is 11.4. The number of anilines is 1. The van der Waals surface area contributed by atoms with Gasteiger partial charge in [-0.3, -0.25) is 0 Å². The number of aromatic nitrogens is 1. The van der Waals surface area contributed by atoms with Crippen molar-refractivity contribution in [2.45, 2.75) is 6.92 Å². The van der Waals surface area contributed by atoms with Gasteiger partial charge in [0.25, 0.3) is 0 Å². The maximum absolute atomic E-state index is 4.63. The smallest absolute Gasteiger partial charge is 0.192 e. The van der Waals surface area contributed by atoms with Gasteiger partial charge in [0.1, 0.15) is 18.5 Å². The van der Waals surface area contributed by atoms with Gasteiger partial charge in [-0.15, -0.1) is 11.3 Å². The number of nitrogens with one attached hydrogen (secondary N) is 1. The lowest BCUT2D eigenvalue weighted by molar-refractivity contribution is 0.213. The van der Waals surface area contributed by atoms with Gasteiger partial charge < -0.3 is 8.37 Å². The van der Waals surface area contributed by atoms with E-state index in [0.717, 1.165) is 16.5 Å². The molecule has 12 heavy (non-hydrogen) atoms. The zero-order chi connectivity index (χ0) is 8.97. The fraction of sp³-hybridized carbons (Fsp3) is 0.333. The molecule has 0 atom stereocenters. The second-order valence-corrected chi connectivity index (χ2v) is 3.39. The summed E-state index contributed by atoms with van der Waals surface area (Å²) in [5.74, 6) is 0. The number of oxime groups is 1. The molecule has 1 aromatic rings. The first kappa shape index (κ1) is 9.72. The molecule has 0 amide bonds. The Hall–Kier alpha value is -0.370. The SMILES string of the molecule is CO/N=C(\C)c1csc(NI)n1. The van der Waals surface area contributed by atoms with Crippen molar-refractivity contribution in [1.29, 1.82) is 0 Å². The average molecular weight is 297 g/mol. The Morgan fingerprint density at radius 2 is 2.58 bits per heavy atom. The summed E-state index contributed by atoms with van der Waals surface area (Å²) in [7, 11) is 1.52. The van der Waals surface area contributed by atoms with Crippen LogP contribution in [-0.2, 0) is 4.84 Å². The first-order valence-corrected chi connectivity index (χ1v) is 5.14. The summed E-state index contributed by atoms with van der Waals surface area (Å²) in [5, 5.41) is 6.57. The van der Waals surface area contributed by atoms with Gasteiger partial charge in [-0.1, -0.05) is 5.16 Å². The molecule has 0 radical (unpaired) electrons. The molecule has 1 aromatic heterocycles. The molecular weight excluding hydrogens is 289 g/mol. The first-order valence-electron chi connectivity index (χ1n) is 3.18. The Kier molecular flexibility index (Phi) is 3.73.